The molecule has 3 rings (SSSR count). The average Bonchev–Trinajstić information content (AvgIpc) is 3.14. The summed E-state index contributed by atoms with van der Waals surface area (Å²) in [7, 11) is 0. The molecule has 1 aliphatic heterocycles. The summed E-state index contributed by atoms with van der Waals surface area (Å²) in [6, 6.07) is 3.46. The number of urea groups is 1. The van der Waals surface area contributed by atoms with Crippen LogP contribution in [0.4, 0.5) is 9.18 Å². The summed E-state index contributed by atoms with van der Waals surface area (Å²) < 4.78 is 13.2. The quantitative estimate of drug-likeness (QED) is 0.770. The second kappa shape index (κ2) is 7.23. The molecule has 0 radical (unpaired) electrons. The Morgan fingerprint density at radius 2 is 2.08 bits per heavy atom. The van der Waals surface area contributed by atoms with Gasteiger partial charge in [0, 0.05) is 13.0 Å². The number of benzene rings is 1. The van der Waals surface area contributed by atoms with Gasteiger partial charge in [-0.3, -0.25) is 14.5 Å². The Balaban J connectivity index is 1.54. The van der Waals surface area contributed by atoms with E-state index in [9.17, 15) is 18.8 Å². The lowest BCUT2D eigenvalue weighted by Crippen LogP contribution is -2.44. The highest BCUT2D eigenvalue weighted by atomic mass is 35.5. The number of hydrogen-bond donors (Lipinski definition) is 2. The largest absolute Gasteiger partial charge is 0.350 e. The van der Waals surface area contributed by atoms with Crippen LogP contribution in [0.1, 0.15) is 50.6 Å². The summed E-state index contributed by atoms with van der Waals surface area (Å²) in [5, 5.41) is 5.54. The van der Waals surface area contributed by atoms with Crippen molar-refractivity contribution in [3.05, 3.63) is 34.6 Å². The fraction of sp³-hybridized carbons (Fsp3) is 0.500. The summed E-state index contributed by atoms with van der Waals surface area (Å²) in [6.07, 6.45) is 3.15. The highest BCUT2D eigenvalue weighted by molar-refractivity contribution is 6.30. The second-order valence-electron chi connectivity index (χ2n) is 6.89. The molecule has 1 atom stereocenters. The molecule has 2 aliphatic rings. The SMILES string of the molecule is C[C@@H](NC(=O)CCN1C(=O)NC2(CCCC2)C1=O)c1ccc(F)c(Cl)c1. The average molecular weight is 382 g/mol. The monoisotopic (exact) mass is 381 g/mol. The van der Waals surface area contributed by atoms with E-state index in [2.05, 4.69) is 10.6 Å². The Kier molecular flexibility index (Phi) is 5.18. The number of halogens is 2. The van der Waals surface area contributed by atoms with E-state index in [1.807, 2.05) is 0 Å². The van der Waals surface area contributed by atoms with Gasteiger partial charge < -0.3 is 10.6 Å². The summed E-state index contributed by atoms with van der Waals surface area (Å²) in [6.45, 7) is 1.79. The van der Waals surface area contributed by atoms with Gasteiger partial charge in [-0.25, -0.2) is 9.18 Å². The van der Waals surface area contributed by atoms with Crippen molar-refractivity contribution in [2.24, 2.45) is 0 Å². The van der Waals surface area contributed by atoms with Crippen molar-refractivity contribution in [2.75, 3.05) is 6.54 Å². The lowest BCUT2D eigenvalue weighted by molar-refractivity contribution is -0.131. The lowest BCUT2D eigenvalue weighted by atomic mass is 9.98. The predicted molar refractivity (Wildman–Crippen MR) is 94.0 cm³/mol. The van der Waals surface area contributed by atoms with Crippen LogP contribution in [0.25, 0.3) is 0 Å². The lowest BCUT2D eigenvalue weighted by Gasteiger charge is -2.20. The number of carbonyl (C=O) groups excluding carboxylic acids is 3. The summed E-state index contributed by atoms with van der Waals surface area (Å²) >= 11 is 5.76. The number of hydrogen-bond acceptors (Lipinski definition) is 3. The molecule has 1 saturated carbocycles. The van der Waals surface area contributed by atoms with Gasteiger partial charge in [0.2, 0.25) is 5.91 Å². The highest BCUT2D eigenvalue weighted by Crippen LogP contribution is 2.35. The van der Waals surface area contributed by atoms with E-state index >= 15 is 0 Å². The van der Waals surface area contributed by atoms with Crippen molar-refractivity contribution in [3.8, 4) is 0 Å². The number of carbonyl (C=O) groups is 3. The van der Waals surface area contributed by atoms with Crippen LogP contribution in [0, 0.1) is 5.82 Å². The van der Waals surface area contributed by atoms with Gasteiger partial charge in [0.15, 0.2) is 0 Å². The number of nitrogens with one attached hydrogen (secondary N) is 2. The van der Waals surface area contributed by atoms with E-state index in [-0.39, 0.29) is 35.8 Å². The fourth-order valence-corrected chi connectivity index (χ4v) is 3.78. The molecule has 1 saturated heterocycles. The minimum absolute atomic E-state index is 0.00844. The van der Waals surface area contributed by atoms with Gasteiger partial charge in [-0.15, -0.1) is 0 Å². The predicted octanol–water partition coefficient (Wildman–Crippen LogP) is 2.91. The molecule has 1 spiro atoms. The van der Waals surface area contributed by atoms with Crippen molar-refractivity contribution >= 4 is 29.4 Å². The molecule has 0 bridgehead atoms. The van der Waals surface area contributed by atoms with Gasteiger partial charge >= 0.3 is 6.03 Å². The van der Waals surface area contributed by atoms with Gasteiger partial charge in [-0.1, -0.05) is 30.5 Å². The Morgan fingerprint density at radius 1 is 1.38 bits per heavy atom. The van der Waals surface area contributed by atoms with Crippen LogP contribution < -0.4 is 10.6 Å². The van der Waals surface area contributed by atoms with Crippen LogP contribution in [0.15, 0.2) is 18.2 Å². The topological polar surface area (TPSA) is 78.5 Å². The first-order valence-electron chi connectivity index (χ1n) is 8.71. The maximum Gasteiger partial charge on any atom is 0.325 e. The molecule has 1 aliphatic carbocycles. The second-order valence-corrected chi connectivity index (χ2v) is 7.30. The van der Waals surface area contributed by atoms with Crippen LogP contribution >= 0.6 is 11.6 Å². The van der Waals surface area contributed by atoms with Gasteiger partial charge in [-0.05, 0) is 37.5 Å². The highest BCUT2D eigenvalue weighted by Gasteiger charge is 2.52. The summed E-state index contributed by atoms with van der Waals surface area (Å²) in [5.74, 6) is -1.05. The van der Waals surface area contributed by atoms with E-state index in [1.165, 1.54) is 12.1 Å². The van der Waals surface area contributed by atoms with E-state index in [4.69, 9.17) is 11.6 Å². The molecule has 26 heavy (non-hydrogen) atoms. The third-order valence-corrected chi connectivity index (χ3v) is 5.38. The van der Waals surface area contributed by atoms with Gasteiger partial charge in [0.05, 0.1) is 11.1 Å². The maximum atomic E-state index is 13.2. The number of rotatable bonds is 5. The molecule has 1 aromatic carbocycles. The Hall–Kier alpha value is -2.15. The molecular formula is C18H21ClFN3O3. The molecule has 140 valence electrons. The molecule has 6 nitrogen and oxygen atoms in total. The fourth-order valence-electron chi connectivity index (χ4n) is 3.59. The summed E-state index contributed by atoms with van der Waals surface area (Å²) in [5.41, 5.74) is -0.0872. The third kappa shape index (κ3) is 3.53. The van der Waals surface area contributed by atoms with Crippen molar-refractivity contribution in [1.82, 2.24) is 15.5 Å². The zero-order valence-corrected chi connectivity index (χ0v) is 15.2. The van der Waals surface area contributed by atoms with Crippen molar-refractivity contribution in [1.29, 1.82) is 0 Å². The molecule has 0 unspecified atom stereocenters. The molecule has 1 heterocycles. The van der Waals surface area contributed by atoms with E-state index < -0.39 is 17.4 Å². The van der Waals surface area contributed by atoms with Crippen LogP contribution in [0.2, 0.25) is 5.02 Å². The first-order valence-corrected chi connectivity index (χ1v) is 9.09. The molecular weight excluding hydrogens is 361 g/mol. The molecule has 4 amide bonds. The van der Waals surface area contributed by atoms with E-state index in [0.717, 1.165) is 17.7 Å². The normalized spacial score (nSPS) is 19.7. The van der Waals surface area contributed by atoms with Crippen molar-refractivity contribution in [3.63, 3.8) is 0 Å². The number of nitrogens with zero attached hydrogens (tertiary/aromatic N) is 1. The van der Waals surface area contributed by atoms with Crippen LogP contribution in [-0.4, -0.2) is 34.8 Å². The molecule has 2 fully saturated rings. The third-order valence-electron chi connectivity index (χ3n) is 5.09. The Labute approximate surface area is 156 Å². The number of amides is 4. The van der Waals surface area contributed by atoms with Gasteiger partial charge in [0.1, 0.15) is 11.4 Å². The molecule has 1 aromatic rings. The van der Waals surface area contributed by atoms with Crippen molar-refractivity contribution in [2.45, 2.75) is 50.6 Å². The standard InChI is InChI=1S/C18H21ClFN3O3/c1-11(12-4-5-14(20)13(19)10-12)21-15(24)6-9-23-16(25)18(22-17(23)26)7-2-3-8-18/h4-5,10-11H,2-3,6-9H2,1H3,(H,21,24)(H,22,26)/t11-/m1/s1. The maximum absolute atomic E-state index is 13.2. The van der Waals surface area contributed by atoms with E-state index in [1.54, 1.807) is 13.0 Å². The minimum atomic E-state index is -0.758. The number of imide groups is 1. The smallest absolute Gasteiger partial charge is 0.325 e. The zero-order valence-electron chi connectivity index (χ0n) is 14.5. The molecule has 8 heteroatoms. The van der Waals surface area contributed by atoms with Crippen LogP contribution in [0.5, 0.6) is 0 Å². The Morgan fingerprint density at radius 3 is 2.73 bits per heavy atom. The summed E-state index contributed by atoms with van der Waals surface area (Å²) in [4.78, 5) is 37.9. The van der Waals surface area contributed by atoms with Gasteiger partial charge in [-0.2, -0.15) is 0 Å². The van der Waals surface area contributed by atoms with E-state index in [0.29, 0.717) is 18.4 Å². The Bertz CT molecular complexity index is 749. The van der Waals surface area contributed by atoms with Crippen molar-refractivity contribution < 1.29 is 18.8 Å². The minimum Gasteiger partial charge on any atom is -0.350 e. The van der Waals surface area contributed by atoms with Crippen LogP contribution in [0.3, 0.4) is 0 Å². The van der Waals surface area contributed by atoms with Gasteiger partial charge in [0.25, 0.3) is 5.91 Å². The van der Waals surface area contributed by atoms with Crippen LogP contribution in [-0.2, 0) is 9.59 Å². The molecule has 2 N–H and O–H groups in total. The first kappa shape index (κ1) is 18.6. The zero-order chi connectivity index (χ0) is 18.9. The molecule has 0 aromatic heterocycles. The first-order chi connectivity index (χ1) is 12.3.